The van der Waals surface area contributed by atoms with Crippen LogP contribution in [0.4, 0.5) is 0 Å². The van der Waals surface area contributed by atoms with Gasteiger partial charge >= 0.3 is 5.69 Å². The molecule has 3 rings (SSSR count). The van der Waals surface area contributed by atoms with Crippen LogP contribution in [0.2, 0.25) is 0 Å². The van der Waals surface area contributed by atoms with Crippen LogP contribution in [0.25, 0.3) is 12.3 Å². The maximum atomic E-state index is 12.5. The number of benzene rings is 1. The van der Waals surface area contributed by atoms with Crippen LogP contribution in [-0.2, 0) is 13.0 Å². The van der Waals surface area contributed by atoms with Crippen molar-refractivity contribution in [3.8, 4) is 0 Å². The van der Waals surface area contributed by atoms with E-state index in [2.05, 4.69) is 31.1 Å². The third-order valence-electron chi connectivity index (χ3n) is 4.21. The molecule has 0 saturated heterocycles. The van der Waals surface area contributed by atoms with Gasteiger partial charge in [-0.15, -0.1) is 0 Å². The number of nitrogens with zero attached hydrogens (tertiary/aromatic N) is 4. The lowest BCUT2D eigenvalue weighted by Crippen LogP contribution is -2.27. The topological polar surface area (TPSA) is 43.1 Å². The molecule has 0 atom stereocenters. The van der Waals surface area contributed by atoms with Crippen molar-refractivity contribution in [2.75, 3.05) is 20.6 Å². The Bertz CT molecular complexity index is 796. The van der Waals surface area contributed by atoms with Crippen molar-refractivity contribution in [3.05, 3.63) is 50.7 Å². The highest BCUT2D eigenvalue weighted by atomic mass is 16.2. The number of rotatable bonds is 3. The molecule has 2 aromatic rings. The van der Waals surface area contributed by atoms with Crippen molar-refractivity contribution in [3.63, 3.8) is 0 Å². The molecule has 5 heteroatoms. The summed E-state index contributed by atoms with van der Waals surface area (Å²) in [5.41, 5.74) is 4.88. The summed E-state index contributed by atoms with van der Waals surface area (Å²) in [6.45, 7) is 5.64. The molecule has 2 heterocycles. The first-order chi connectivity index (χ1) is 10.5. The molecule has 1 aromatic carbocycles. The Hall–Kier alpha value is -2.14. The minimum atomic E-state index is -0.0608. The number of hydrogen-bond acceptors (Lipinski definition) is 3. The van der Waals surface area contributed by atoms with Gasteiger partial charge < -0.3 is 4.90 Å². The number of hydrogen-bond donors (Lipinski definition) is 0. The Labute approximate surface area is 130 Å². The zero-order chi connectivity index (χ0) is 15.9. The minimum absolute atomic E-state index is 0.0608. The van der Waals surface area contributed by atoms with Crippen LogP contribution < -0.4 is 5.69 Å². The van der Waals surface area contributed by atoms with Gasteiger partial charge in [-0.1, -0.05) is 12.1 Å². The Morgan fingerprint density at radius 1 is 1.23 bits per heavy atom. The number of aromatic nitrogens is 3. The van der Waals surface area contributed by atoms with Gasteiger partial charge in [0.05, 0.1) is 6.54 Å². The van der Waals surface area contributed by atoms with Crippen molar-refractivity contribution < 1.29 is 0 Å². The van der Waals surface area contributed by atoms with E-state index < -0.39 is 0 Å². The summed E-state index contributed by atoms with van der Waals surface area (Å²) in [7, 11) is 3.99. The van der Waals surface area contributed by atoms with Crippen LogP contribution in [0.3, 0.4) is 0 Å². The second kappa shape index (κ2) is 5.57. The molecule has 0 fully saturated rings. The van der Waals surface area contributed by atoms with E-state index in [4.69, 9.17) is 0 Å². The van der Waals surface area contributed by atoms with Gasteiger partial charge in [-0.25, -0.2) is 9.48 Å². The fraction of sp³-hybridized carbons (Fsp3) is 0.412. The predicted molar refractivity (Wildman–Crippen MR) is 89.0 cm³/mol. The second-order valence-corrected chi connectivity index (χ2v) is 6.22. The van der Waals surface area contributed by atoms with Gasteiger partial charge in [-0.05, 0) is 56.3 Å². The van der Waals surface area contributed by atoms with Crippen molar-refractivity contribution in [2.45, 2.75) is 26.8 Å². The first-order valence-electron chi connectivity index (χ1n) is 7.57. The largest absolute Gasteiger partial charge is 0.350 e. The molecule has 0 saturated carbocycles. The molecule has 0 spiro atoms. The first-order valence-corrected chi connectivity index (χ1v) is 7.57. The third kappa shape index (κ3) is 2.64. The number of fused-ring (bicyclic) bond motifs is 2. The summed E-state index contributed by atoms with van der Waals surface area (Å²) in [5, 5.41) is 4.52. The molecule has 1 aliphatic heterocycles. The van der Waals surface area contributed by atoms with E-state index in [0.29, 0.717) is 13.0 Å². The summed E-state index contributed by atoms with van der Waals surface area (Å²) in [6, 6.07) is 4.38. The summed E-state index contributed by atoms with van der Waals surface area (Å²) in [5.74, 6) is 0.807. The maximum Gasteiger partial charge on any atom is 0.350 e. The summed E-state index contributed by atoms with van der Waals surface area (Å²) >= 11 is 0. The molecule has 22 heavy (non-hydrogen) atoms. The summed E-state index contributed by atoms with van der Waals surface area (Å²) in [6.07, 6.45) is 4.54. The summed E-state index contributed by atoms with van der Waals surface area (Å²) in [4.78, 5) is 14.5. The molecule has 0 aliphatic carbocycles. The monoisotopic (exact) mass is 298 g/mol. The molecular formula is C17H22N4O. The summed E-state index contributed by atoms with van der Waals surface area (Å²) < 4.78 is 3.23. The van der Waals surface area contributed by atoms with Gasteiger partial charge in [-0.2, -0.15) is 5.10 Å². The second-order valence-electron chi connectivity index (χ2n) is 6.22. The standard InChI is InChI=1S/C17H22N4O/c1-12-9-14-5-6-20-16(11-15(14)10-13(12)2)18-21(17(20)22)8-7-19(3)4/h5-6,9-10H,7-8,11H2,1-4H3. The molecule has 0 N–H and O–H groups in total. The van der Waals surface area contributed by atoms with E-state index in [-0.39, 0.29) is 5.69 Å². The first kappa shape index (κ1) is 14.8. The predicted octanol–water partition coefficient (Wildman–Crippen LogP) is 1.76. The zero-order valence-corrected chi connectivity index (χ0v) is 13.6. The molecular weight excluding hydrogens is 276 g/mol. The lowest BCUT2D eigenvalue weighted by molar-refractivity contribution is 0.369. The number of likely N-dealkylation sites (N-methyl/N-ethyl adjacent to an activating group) is 1. The number of aryl methyl sites for hydroxylation is 2. The highest BCUT2D eigenvalue weighted by Gasteiger charge is 2.16. The van der Waals surface area contributed by atoms with Gasteiger partial charge in [0.2, 0.25) is 0 Å². The van der Waals surface area contributed by atoms with E-state index in [1.807, 2.05) is 31.3 Å². The lowest BCUT2D eigenvalue weighted by Gasteiger charge is -2.08. The van der Waals surface area contributed by atoms with E-state index in [0.717, 1.165) is 12.4 Å². The quantitative estimate of drug-likeness (QED) is 0.740. The SMILES string of the molecule is Cc1cc2c(cc1C)Cc1nn(CCN(C)C)c(=O)n1C=C2. The Balaban J connectivity index is 2.00. The van der Waals surface area contributed by atoms with Crippen molar-refractivity contribution in [2.24, 2.45) is 0 Å². The minimum Gasteiger partial charge on any atom is -0.308 e. The van der Waals surface area contributed by atoms with Crippen molar-refractivity contribution in [1.82, 2.24) is 19.2 Å². The van der Waals surface area contributed by atoms with Gasteiger partial charge in [0.1, 0.15) is 5.82 Å². The highest BCUT2D eigenvalue weighted by molar-refractivity contribution is 5.66. The maximum absolute atomic E-state index is 12.5. The van der Waals surface area contributed by atoms with Gasteiger partial charge in [-0.3, -0.25) is 4.57 Å². The van der Waals surface area contributed by atoms with Gasteiger partial charge in [0.25, 0.3) is 0 Å². The molecule has 0 bridgehead atoms. The fourth-order valence-electron chi connectivity index (χ4n) is 2.71. The molecule has 0 amide bonds. The fourth-order valence-corrected chi connectivity index (χ4v) is 2.71. The van der Waals surface area contributed by atoms with Crippen LogP contribution >= 0.6 is 0 Å². The molecule has 1 aliphatic rings. The normalized spacial score (nSPS) is 13.1. The van der Waals surface area contributed by atoms with Crippen molar-refractivity contribution >= 4 is 12.3 Å². The van der Waals surface area contributed by atoms with Crippen LogP contribution in [-0.4, -0.2) is 39.9 Å². The third-order valence-corrected chi connectivity index (χ3v) is 4.21. The average molecular weight is 298 g/mol. The van der Waals surface area contributed by atoms with E-state index >= 15 is 0 Å². The van der Waals surface area contributed by atoms with E-state index in [1.54, 1.807) is 9.25 Å². The van der Waals surface area contributed by atoms with Crippen LogP contribution in [0.1, 0.15) is 28.1 Å². The zero-order valence-electron chi connectivity index (χ0n) is 13.6. The van der Waals surface area contributed by atoms with E-state index in [1.165, 1.54) is 22.3 Å². The Kier molecular flexibility index (Phi) is 3.74. The van der Waals surface area contributed by atoms with Crippen LogP contribution in [0.15, 0.2) is 16.9 Å². The molecule has 5 nitrogen and oxygen atoms in total. The van der Waals surface area contributed by atoms with Crippen LogP contribution in [0, 0.1) is 13.8 Å². The van der Waals surface area contributed by atoms with Crippen LogP contribution in [0.5, 0.6) is 0 Å². The molecule has 0 unspecified atom stereocenters. The van der Waals surface area contributed by atoms with Crippen molar-refractivity contribution in [1.29, 1.82) is 0 Å². The molecule has 0 radical (unpaired) electrons. The Morgan fingerprint density at radius 3 is 2.68 bits per heavy atom. The highest BCUT2D eigenvalue weighted by Crippen LogP contribution is 2.22. The van der Waals surface area contributed by atoms with Gasteiger partial charge in [0, 0.05) is 19.2 Å². The average Bonchev–Trinajstić information content (AvgIpc) is 2.63. The molecule has 116 valence electrons. The smallest absolute Gasteiger partial charge is 0.308 e. The van der Waals surface area contributed by atoms with Gasteiger partial charge in [0.15, 0.2) is 0 Å². The van der Waals surface area contributed by atoms with E-state index in [9.17, 15) is 4.79 Å². The molecule has 1 aromatic heterocycles. The lowest BCUT2D eigenvalue weighted by atomic mass is 9.98. The Morgan fingerprint density at radius 2 is 1.95 bits per heavy atom.